The smallest absolute Gasteiger partial charge is 0.311 e. The highest BCUT2D eigenvalue weighted by Crippen LogP contribution is 2.28. The van der Waals surface area contributed by atoms with Gasteiger partial charge in [0.25, 0.3) is 5.91 Å². The lowest BCUT2D eigenvalue weighted by Crippen LogP contribution is -2.12. The molecular weight excluding hydrogens is 322 g/mol. The normalized spacial score (nSPS) is 9.78. The predicted octanol–water partition coefficient (Wildman–Crippen LogP) is 3.38. The van der Waals surface area contributed by atoms with Gasteiger partial charge in [-0.1, -0.05) is 11.6 Å². The zero-order chi connectivity index (χ0) is 17.0. The molecule has 2 rings (SSSR count). The van der Waals surface area contributed by atoms with Crippen molar-refractivity contribution in [3.8, 4) is 11.8 Å². The molecule has 0 unspecified atom stereocenters. The highest BCUT2D eigenvalue weighted by atomic mass is 35.5. The Hall–Kier alpha value is -3.11. The SMILES string of the molecule is COc1ccc(C(=O)Nc2ccc(Cl)c(C#N)c2)cc1[N+](=O)[O-]. The first-order chi connectivity index (χ1) is 11.0. The van der Waals surface area contributed by atoms with Gasteiger partial charge in [-0.25, -0.2) is 0 Å². The van der Waals surface area contributed by atoms with E-state index in [0.29, 0.717) is 5.69 Å². The summed E-state index contributed by atoms with van der Waals surface area (Å²) in [6.07, 6.45) is 0. The van der Waals surface area contributed by atoms with Crippen LogP contribution in [0.4, 0.5) is 11.4 Å². The molecule has 2 aromatic rings. The van der Waals surface area contributed by atoms with Crippen LogP contribution in [0.25, 0.3) is 0 Å². The van der Waals surface area contributed by atoms with Gasteiger partial charge in [-0.05, 0) is 30.3 Å². The number of nitriles is 1. The van der Waals surface area contributed by atoms with Gasteiger partial charge >= 0.3 is 5.69 Å². The van der Waals surface area contributed by atoms with Crippen molar-refractivity contribution in [1.82, 2.24) is 0 Å². The van der Waals surface area contributed by atoms with Gasteiger partial charge in [0, 0.05) is 17.3 Å². The molecule has 0 saturated heterocycles. The van der Waals surface area contributed by atoms with Gasteiger partial charge in [0.05, 0.1) is 22.6 Å². The van der Waals surface area contributed by atoms with Crippen LogP contribution in [0.3, 0.4) is 0 Å². The minimum atomic E-state index is -0.633. The first-order valence-electron chi connectivity index (χ1n) is 6.29. The molecule has 7 nitrogen and oxygen atoms in total. The van der Waals surface area contributed by atoms with Crippen molar-refractivity contribution in [2.24, 2.45) is 0 Å². The van der Waals surface area contributed by atoms with Gasteiger partial charge in [-0.2, -0.15) is 5.26 Å². The molecule has 0 bridgehead atoms. The van der Waals surface area contributed by atoms with Crippen molar-refractivity contribution in [2.45, 2.75) is 0 Å². The monoisotopic (exact) mass is 331 g/mol. The Morgan fingerprint density at radius 2 is 2.09 bits per heavy atom. The standard InChI is InChI=1S/C15H10ClN3O4/c1-23-14-5-2-9(7-13(14)19(21)22)15(20)18-11-3-4-12(16)10(6-11)8-17/h2-7H,1H3,(H,18,20). The van der Waals surface area contributed by atoms with E-state index in [-0.39, 0.29) is 27.6 Å². The Labute approximate surface area is 136 Å². The molecule has 0 fully saturated rings. The molecule has 0 heterocycles. The second-order valence-electron chi connectivity index (χ2n) is 4.40. The van der Waals surface area contributed by atoms with E-state index >= 15 is 0 Å². The van der Waals surface area contributed by atoms with E-state index in [1.54, 1.807) is 0 Å². The first-order valence-corrected chi connectivity index (χ1v) is 6.67. The minimum Gasteiger partial charge on any atom is -0.490 e. The third-order valence-electron chi connectivity index (χ3n) is 2.98. The van der Waals surface area contributed by atoms with E-state index in [2.05, 4.69) is 5.32 Å². The van der Waals surface area contributed by atoms with E-state index < -0.39 is 10.8 Å². The molecule has 1 amide bonds. The fourth-order valence-electron chi connectivity index (χ4n) is 1.87. The number of nitrogens with zero attached hydrogens (tertiary/aromatic N) is 2. The third kappa shape index (κ3) is 3.56. The fourth-order valence-corrected chi connectivity index (χ4v) is 2.03. The number of ether oxygens (including phenoxy) is 1. The second-order valence-corrected chi connectivity index (χ2v) is 4.81. The number of carbonyl (C=O) groups is 1. The van der Waals surface area contributed by atoms with Crippen molar-refractivity contribution >= 4 is 28.9 Å². The Morgan fingerprint density at radius 1 is 1.35 bits per heavy atom. The second kappa shape index (κ2) is 6.77. The largest absolute Gasteiger partial charge is 0.490 e. The number of hydrogen-bond donors (Lipinski definition) is 1. The lowest BCUT2D eigenvalue weighted by atomic mass is 10.1. The molecule has 0 aliphatic heterocycles. The average Bonchev–Trinajstić information content (AvgIpc) is 2.55. The summed E-state index contributed by atoms with van der Waals surface area (Å²) in [7, 11) is 1.30. The maximum atomic E-state index is 12.2. The molecule has 0 aliphatic rings. The number of hydrogen-bond acceptors (Lipinski definition) is 5. The molecule has 116 valence electrons. The summed E-state index contributed by atoms with van der Waals surface area (Å²) in [5, 5.41) is 22.7. The molecular formula is C15H10ClN3O4. The molecule has 2 aromatic carbocycles. The number of anilines is 1. The highest BCUT2D eigenvalue weighted by molar-refractivity contribution is 6.31. The summed E-state index contributed by atoms with van der Waals surface area (Å²) in [6.45, 7) is 0. The summed E-state index contributed by atoms with van der Waals surface area (Å²) in [6, 6.07) is 10.2. The molecule has 0 saturated carbocycles. The molecule has 0 atom stereocenters. The van der Waals surface area contributed by atoms with Crippen LogP contribution in [0.2, 0.25) is 5.02 Å². The van der Waals surface area contributed by atoms with Gasteiger partial charge in [0.2, 0.25) is 0 Å². The molecule has 23 heavy (non-hydrogen) atoms. The fraction of sp³-hybridized carbons (Fsp3) is 0.0667. The number of benzene rings is 2. The van der Waals surface area contributed by atoms with E-state index in [9.17, 15) is 14.9 Å². The summed E-state index contributed by atoms with van der Waals surface area (Å²) in [5.41, 5.74) is 0.347. The molecule has 0 radical (unpaired) electrons. The van der Waals surface area contributed by atoms with Gasteiger partial charge < -0.3 is 10.1 Å². The van der Waals surface area contributed by atoms with Crippen LogP contribution in [-0.4, -0.2) is 17.9 Å². The quantitative estimate of drug-likeness (QED) is 0.683. The zero-order valence-electron chi connectivity index (χ0n) is 11.9. The number of nitrogens with one attached hydrogen (secondary N) is 1. The Kier molecular flexibility index (Phi) is 4.79. The van der Waals surface area contributed by atoms with Crippen molar-refractivity contribution in [1.29, 1.82) is 5.26 Å². The number of nitro benzene ring substituents is 1. The summed E-state index contributed by atoms with van der Waals surface area (Å²) in [4.78, 5) is 22.5. The average molecular weight is 332 g/mol. The van der Waals surface area contributed by atoms with Crippen LogP contribution >= 0.6 is 11.6 Å². The van der Waals surface area contributed by atoms with Gasteiger partial charge in [0.1, 0.15) is 6.07 Å². The number of nitro groups is 1. The van der Waals surface area contributed by atoms with Crippen LogP contribution in [0.5, 0.6) is 5.75 Å². The molecule has 0 spiro atoms. The predicted molar refractivity (Wildman–Crippen MR) is 83.8 cm³/mol. The number of carbonyl (C=O) groups excluding carboxylic acids is 1. The van der Waals surface area contributed by atoms with Crippen molar-refractivity contribution in [2.75, 3.05) is 12.4 Å². The molecule has 0 aromatic heterocycles. The van der Waals surface area contributed by atoms with Crippen LogP contribution in [-0.2, 0) is 0 Å². The van der Waals surface area contributed by atoms with E-state index in [1.165, 1.54) is 37.4 Å². The van der Waals surface area contributed by atoms with Crippen LogP contribution in [0.1, 0.15) is 15.9 Å². The third-order valence-corrected chi connectivity index (χ3v) is 3.31. The Morgan fingerprint density at radius 3 is 2.70 bits per heavy atom. The summed E-state index contributed by atoms with van der Waals surface area (Å²) < 4.78 is 4.88. The van der Waals surface area contributed by atoms with Crippen molar-refractivity contribution in [3.63, 3.8) is 0 Å². The molecule has 1 N–H and O–H groups in total. The lowest BCUT2D eigenvalue weighted by molar-refractivity contribution is -0.385. The maximum Gasteiger partial charge on any atom is 0.311 e. The maximum absolute atomic E-state index is 12.2. The topological polar surface area (TPSA) is 105 Å². The molecule has 0 aliphatic carbocycles. The molecule has 8 heteroatoms. The van der Waals surface area contributed by atoms with Gasteiger partial charge in [-0.15, -0.1) is 0 Å². The Bertz CT molecular complexity index is 830. The van der Waals surface area contributed by atoms with Crippen molar-refractivity contribution < 1.29 is 14.5 Å². The minimum absolute atomic E-state index is 0.0600. The van der Waals surface area contributed by atoms with Crippen LogP contribution < -0.4 is 10.1 Å². The van der Waals surface area contributed by atoms with E-state index in [1.807, 2.05) is 6.07 Å². The number of halogens is 1. The van der Waals surface area contributed by atoms with Crippen molar-refractivity contribution in [3.05, 3.63) is 62.7 Å². The van der Waals surface area contributed by atoms with Crippen LogP contribution in [0.15, 0.2) is 36.4 Å². The van der Waals surface area contributed by atoms with E-state index in [4.69, 9.17) is 21.6 Å². The number of rotatable bonds is 4. The number of amides is 1. The first kappa shape index (κ1) is 16.3. The lowest BCUT2D eigenvalue weighted by Gasteiger charge is -2.07. The zero-order valence-corrected chi connectivity index (χ0v) is 12.6. The number of methoxy groups -OCH3 is 1. The van der Waals surface area contributed by atoms with E-state index in [0.717, 1.165) is 6.07 Å². The van der Waals surface area contributed by atoms with Crippen LogP contribution in [0, 0.1) is 21.4 Å². The summed E-state index contributed by atoms with van der Waals surface area (Å²) in [5.74, 6) is -0.494. The van der Waals surface area contributed by atoms with Gasteiger partial charge in [0.15, 0.2) is 5.75 Å². The summed E-state index contributed by atoms with van der Waals surface area (Å²) >= 11 is 5.81. The highest BCUT2D eigenvalue weighted by Gasteiger charge is 2.18. The van der Waals surface area contributed by atoms with Gasteiger partial charge in [-0.3, -0.25) is 14.9 Å². The Balaban J connectivity index is 2.29.